The number of carbonyl (C=O) groups is 2. The smallest absolute Gasteiger partial charge is 0.244 e. The number of benzene rings is 3. The molecule has 1 N–H and O–H groups in total. The van der Waals surface area contributed by atoms with Crippen molar-refractivity contribution < 1.29 is 22.7 Å². The molecule has 0 heterocycles. The lowest BCUT2D eigenvalue weighted by Crippen LogP contribution is -2.51. The summed E-state index contributed by atoms with van der Waals surface area (Å²) < 4.78 is 33.1. The molecule has 10 heteroatoms. The molecule has 0 aromatic heterocycles. The van der Waals surface area contributed by atoms with E-state index in [4.69, 9.17) is 4.74 Å². The Morgan fingerprint density at radius 1 is 0.973 bits per heavy atom. The predicted octanol–water partition coefficient (Wildman–Crippen LogP) is 4.56. The third-order valence-electron chi connectivity index (χ3n) is 5.54. The molecule has 0 saturated carbocycles. The summed E-state index contributed by atoms with van der Waals surface area (Å²) in [6, 6.07) is 22.2. The first-order chi connectivity index (χ1) is 17.6. The van der Waals surface area contributed by atoms with Gasteiger partial charge in [0.25, 0.3) is 0 Å². The highest BCUT2D eigenvalue weighted by molar-refractivity contribution is 9.10. The Labute approximate surface area is 226 Å². The number of carbonyl (C=O) groups excluding carboxylic acids is 2. The molecule has 3 aromatic rings. The van der Waals surface area contributed by atoms with Crippen LogP contribution in [0.3, 0.4) is 0 Å². The number of nitrogens with zero attached hydrogens (tertiary/aromatic N) is 2. The highest BCUT2D eigenvalue weighted by Gasteiger charge is 2.30. The first kappa shape index (κ1) is 28.2. The van der Waals surface area contributed by atoms with E-state index in [0.717, 1.165) is 20.6 Å². The maximum absolute atomic E-state index is 13.5. The Bertz CT molecular complexity index is 1320. The number of halogens is 1. The van der Waals surface area contributed by atoms with Crippen LogP contribution < -0.4 is 14.4 Å². The van der Waals surface area contributed by atoms with E-state index in [0.29, 0.717) is 23.7 Å². The van der Waals surface area contributed by atoms with Crippen LogP contribution in [0, 0.1) is 0 Å². The van der Waals surface area contributed by atoms with E-state index in [1.165, 1.54) is 4.90 Å². The Kier molecular flexibility index (Phi) is 9.71. The molecule has 0 aliphatic rings. The van der Waals surface area contributed by atoms with Crippen LogP contribution in [-0.4, -0.2) is 50.5 Å². The van der Waals surface area contributed by atoms with Gasteiger partial charge < -0.3 is 15.0 Å². The molecule has 2 amide bonds. The second-order valence-electron chi connectivity index (χ2n) is 8.40. The van der Waals surface area contributed by atoms with Gasteiger partial charge in [-0.2, -0.15) is 0 Å². The van der Waals surface area contributed by atoms with Crippen molar-refractivity contribution in [2.75, 3.05) is 23.7 Å². The van der Waals surface area contributed by atoms with Crippen molar-refractivity contribution in [1.82, 2.24) is 10.2 Å². The van der Waals surface area contributed by atoms with Gasteiger partial charge in [-0.25, -0.2) is 8.42 Å². The quantitative estimate of drug-likeness (QED) is 0.355. The zero-order valence-electron chi connectivity index (χ0n) is 20.9. The molecule has 3 rings (SSSR count). The van der Waals surface area contributed by atoms with E-state index in [9.17, 15) is 18.0 Å². The van der Waals surface area contributed by atoms with Gasteiger partial charge in [-0.05, 0) is 67.9 Å². The Morgan fingerprint density at radius 2 is 1.62 bits per heavy atom. The van der Waals surface area contributed by atoms with Crippen LogP contribution in [0.25, 0.3) is 0 Å². The summed E-state index contributed by atoms with van der Waals surface area (Å²) in [7, 11) is -3.82. The van der Waals surface area contributed by atoms with Crippen LogP contribution in [-0.2, 0) is 26.2 Å². The summed E-state index contributed by atoms with van der Waals surface area (Å²) in [5.41, 5.74) is 1.11. The fourth-order valence-electron chi connectivity index (χ4n) is 3.66. The van der Waals surface area contributed by atoms with Gasteiger partial charge >= 0.3 is 0 Å². The maximum atomic E-state index is 13.5. The van der Waals surface area contributed by atoms with Gasteiger partial charge in [0.05, 0.1) is 11.9 Å². The molecule has 0 fully saturated rings. The molecule has 0 bridgehead atoms. The Hall–Kier alpha value is -3.37. The number of likely N-dealkylation sites (N-methyl/N-ethyl adjacent to an activating group) is 1. The van der Waals surface area contributed by atoms with Crippen molar-refractivity contribution in [3.63, 3.8) is 0 Å². The summed E-state index contributed by atoms with van der Waals surface area (Å²) in [6.07, 6.45) is 1.04. The average Bonchev–Trinajstić information content (AvgIpc) is 2.86. The summed E-state index contributed by atoms with van der Waals surface area (Å²) in [5.74, 6) is 0.344. The number of para-hydroxylation sites is 1. The van der Waals surface area contributed by atoms with Gasteiger partial charge in [0.2, 0.25) is 21.8 Å². The minimum absolute atomic E-state index is 0.137. The summed E-state index contributed by atoms with van der Waals surface area (Å²) >= 11 is 3.42. The molecule has 8 nitrogen and oxygen atoms in total. The van der Waals surface area contributed by atoms with Gasteiger partial charge in [0.1, 0.15) is 24.1 Å². The average molecular weight is 589 g/mol. The third kappa shape index (κ3) is 8.06. The van der Waals surface area contributed by atoms with Crippen molar-refractivity contribution >= 4 is 43.5 Å². The molecule has 0 aliphatic carbocycles. The van der Waals surface area contributed by atoms with E-state index in [1.54, 1.807) is 38.1 Å². The van der Waals surface area contributed by atoms with E-state index < -0.39 is 28.5 Å². The first-order valence-corrected chi connectivity index (χ1v) is 14.3. The van der Waals surface area contributed by atoms with E-state index in [-0.39, 0.29) is 12.5 Å². The van der Waals surface area contributed by atoms with Crippen LogP contribution in [0.2, 0.25) is 0 Å². The highest BCUT2D eigenvalue weighted by atomic mass is 79.9. The predicted molar refractivity (Wildman–Crippen MR) is 148 cm³/mol. The van der Waals surface area contributed by atoms with Crippen molar-refractivity contribution in [2.45, 2.75) is 26.4 Å². The molecular weight excluding hydrogens is 558 g/mol. The van der Waals surface area contributed by atoms with Gasteiger partial charge in [0.15, 0.2) is 0 Å². The highest BCUT2D eigenvalue weighted by Crippen LogP contribution is 2.26. The summed E-state index contributed by atoms with van der Waals surface area (Å²) in [6.45, 7) is 3.51. The minimum Gasteiger partial charge on any atom is -0.457 e. The molecule has 3 aromatic carbocycles. The molecule has 196 valence electrons. The van der Waals surface area contributed by atoms with Gasteiger partial charge in [-0.15, -0.1) is 0 Å². The van der Waals surface area contributed by atoms with Crippen molar-refractivity contribution in [3.8, 4) is 11.5 Å². The fourth-order valence-corrected chi connectivity index (χ4v) is 4.95. The lowest BCUT2D eigenvalue weighted by atomic mass is 10.1. The number of amides is 2. The third-order valence-corrected chi connectivity index (χ3v) is 7.18. The van der Waals surface area contributed by atoms with E-state index >= 15 is 0 Å². The summed E-state index contributed by atoms with van der Waals surface area (Å²) in [5, 5.41) is 2.73. The van der Waals surface area contributed by atoms with Gasteiger partial charge in [-0.3, -0.25) is 13.9 Å². The largest absolute Gasteiger partial charge is 0.457 e. The van der Waals surface area contributed by atoms with Crippen LogP contribution in [0.1, 0.15) is 19.4 Å². The van der Waals surface area contributed by atoms with Crippen molar-refractivity contribution in [3.05, 3.63) is 88.9 Å². The molecule has 1 atom stereocenters. The van der Waals surface area contributed by atoms with Crippen LogP contribution >= 0.6 is 15.9 Å². The molecule has 0 radical (unpaired) electrons. The Morgan fingerprint density at radius 3 is 2.22 bits per heavy atom. The molecule has 0 unspecified atom stereocenters. The number of anilines is 1. The SMILES string of the molecule is CCNC(=O)[C@H](C)N(Cc1cccc(Br)c1)C(=O)CN(c1ccc(Oc2ccccc2)cc1)S(C)(=O)=O. The van der Waals surface area contributed by atoms with Crippen LogP contribution in [0.15, 0.2) is 83.3 Å². The number of nitrogens with one attached hydrogen (secondary N) is 1. The number of rotatable bonds is 11. The first-order valence-electron chi connectivity index (χ1n) is 11.7. The maximum Gasteiger partial charge on any atom is 0.244 e. The summed E-state index contributed by atoms with van der Waals surface area (Å²) in [4.78, 5) is 27.5. The molecule has 0 aliphatic heterocycles. The zero-order valence-corrected chi connectivity index (χ0v) is 23.3. The molecule has 37 heavy (non-hydrogen) atoms. The number of hydrogen-bond acceptors (Lipinski definition) is 5. The monoisotopic (exact) mass is 587 g/mol. The number of hydrogen-bond donors (Lipinski definition) is 1. The van der Waals surface area contributed by atoms with Crippen molar-refractivity contribution in [2.24, 2.45) is 0 Å². The minimum atomic E-state index is -3.82. The molecular formula is C27H30BrN3O5S. The lowest BCUT2D eigenvalue weighted by molar-refractivity contribution is -0.139. The second kappa shape index (κ2) is 12.7. The van der Waals surface area contributed by atoms with E-state index in [1.807, 2.05) is 54.6 Å². The van der Waals surface area contributed by atoms with Crippen molar-refractivity contribution in [1.29, 1.82) is 0 Å². The zero-order chi connectivity index (χ0) is 27.0. The Balaban J connectivity index is 1.85. The standard InChI is InChI=1S/C27H30BrN3O5S/c1-4-29-27(33)20(2)30(18-21-9-8-10-22(28)17-21)26(32)19-31(37(3,34)35)23-13-15-25(16-14-23)36-24-11-6-5-7-12-24/h5-17,20H,4,18-19H2,1-3H3,(H,29,33)/t20-/m0/s1. The number of ether oxygens (including phenoxy) is 1. The second-order valence-corrected chi connectivity index (χ2v) is 11.2. The number of sulfonamides is 1. The lowest BCUT2D eigenvalue weighted by Gasteiger charge is -2.31. The van der Waals surface area contributed by atoms with Crippen LogP contribution in [0.4, 0.5) is 5.69 Å². The topological polar surface area (TPSA) is 96.0 Å². The fraction of sp³-hybridized carbons (Fsp3) is 0.259. The van der Waals surface area contributed by atoms with Crippen LogP contribution in [0.5, 0.6) is 11.5 Å². The van der Waals surface area contributed by atoms with Gasteiger partial charge in [0, 0.05) is 17.6 Å². The normalized spacial score (nSPS) is 11.9. The van der Waals surface area contributed by atoms with E-state index in [2.05, 4.69) is 21.2 Å². The molecule has 0 spiro atoms. The van der Waals surface area contributed by atoms with Gasteiger partial charge in [-0.1, -0.05) is 46.3 Å². The molecule has 0 saturated heterocycles.